The van der Waals surface area contributed by atoms with Crippen LogP contribution in [0.25, 0.3) is 0 Å². The van der Waals surface area contributed by atoms with Gasteiger partial charge in [-0.25, -0.2) is 0 Å². The molecule has 0 amide bonds. The van der Waals surface area contributed by atoms with Gasteiger partial charge in [0, 0.05) is 13.2 Å². The first-order chi connectivity index (χ1) is 5.41. The van der Waals surface area contributed by atoms with Crippen molar-refractivity contribution in [3.05, 3.63) is 12.7 Å². The van der Waals surface area contributed by atoms with Gasteiger partial charge in [-0.1, -0.05) is 6.08 Å². The first-order valence-corrected chi connectivity index (χ1v) is 4.25. The summed E-state index contributed by atoms with van der Waals surface area (Å²) in [6.45, 7) is 6.43. The predicted molar refractivity (Wildman–Crippen MR) is 48.8 cm³/mol. The maximum atomic E-state index is 5.35. The van der Waals surface area contributed by atoms with E-state index in [1.54, 1.807) is 0 Å². The van der Waals surface area contributed by atoms with E-state index in [1.807, 2.05) is 13.1 Å². The summed E-state index contributed by atoms with van der Waals surface area (Å²) in [5, 5.41) is 3.07. The van der Waals surface area contributed by atoms with Gasteiger partial charge in [0.1, 0.15) is 0 Å². The third-order valence-electron chi connectivity index (χ3n) is 1.41. The Morgan fingerprint density at radius 1 is 1.36 bits per heavy atom. The van der Waals surface area contributed by atoms with Crippen molar-refractivity contribution in [2.24, 2.45) is 0 Å². The second-order valence-corrected chi connectivity index (χ2v) is 2.50. The third-order valence-corrected chi connectivity index (χ3v) is 1.41. The Labute approximate surface area is 69.6 Å². The van der Waals surface area contributed by atoms with Gasteiger partial charge < -0.3 is 10.1 Å². The topological polar surface area (TPSA) is 21.3 Å². The Morgan fingerprint density at radius 2 is 2.09 bits per heavy atom. The first kappa shape index (κ1) is 10.7. The van der Waals surface area contributed by atoms with Crippen LogP contribution in [0.1, 0.15) is 19.3 Å². The molecule has 0 aromatic carbocycles. The summed E-state index contributed by atoms with van der Waals surface area (Å²) < 4.78 is 5.35. The van der Waals surface area contributed by atoms with Crippen LogP contribution in [-0.4, -0.2) is 26.8 Å². The molecule has 0 atom stereocenters. The van der Waals surface area contributed by atoms with Crippen LogP contribution in [0.15, 0.2) is 12.7 Å². The average Bonchev–Trinajstić information content (AvgIpc) is 2.03. The van der Waals surface area contributed by atoms with Gasteiger partial charge in [0.05, 0.1) is 0 Å². The summed E-state index contributed by atoms with van der Waals surface area (Å²) in [5.41, 5.74) is 0. The van der Waals surface area contributed by atoms with Crippen LogP contribution in [0.3, 0.4) is 0 Å². The van der Waals surface area contributed by atoms with Gasteiger partial charge in [-0.2, -0.15) is 0 Å². The Hall–Kier alpha value is -0.340. The first-order valence-electron chi connectivity index (χ1n) is 4.25. The smallest absolute Gasteiger partial charge is 0.0478 e. The summed E-state index contributed by atoms with van der Waals surface area (Å²) in [4.78, 5) is 0. The largest absolute Gasteiger partial charge is 0.381 e. The van der Waals surface area contributed by atoms with E-state index < -0.39 is 0 Å². The van der Waals surface area contributed by atoms with Gasteiger partial charge in [-0.15, -0.1) is 6.58 Å². The van der Waals surface area contributed by atoms with Crippen LogP contribution in [0.4, 0.5) is 0 Å². The molecule has 0 aliphatic rings. The van der Waals surface area contributed by atoms with Crippen LogP contribution < -0.4 is 5.32 Å². The van der Waals surface area contributed by atoms with E-state index >= 15 is 0 Å². The monoisotopic (exact) mass is 157 g/mol. The highest BCUT2D eigenvalue weighted by atomic mass is 16.5. The van der Waals surface area contributed by atoms with Crippen molar-refractivity contribution in [2.75, 3.05) is 26.8 Å². The van der Waals surface area contributed by atoms with Crippen LogP contribution in [0.2, 0.25) is 0 Å². The van der Waals surface area contributed by atoms with Crippen molar-refractivity contribution in [2.45, 2.75) is 19.3 Å². The van der Waals surface area contributed by atoms with Crippen LogP contribution in [0.5, 0.6) is 0 Å². The highest BCUT2D eigenvalue weighted by Gasteiger charge is 1.86. The standard InChI is InChI=1S/C9H19NO/c1-3-4-5-8-11-9-6-7-10-2/h3,10H,1,4-9H2,2H3. The molecule has 0 aromatic rings. The molecule has 0 heterocycles. The lowest BCUT2D eigenvalue weighted by Crippen LogP contribution is -2.10. The van der Waals surface area contributed by atoms with Crippen molar-refractivity contribution in [3.63, 3.8) is 0 Å². The van der Waals surface area contributed by atoms with E-state index in [9.17, 15) is 0 Å². The fourth-order valence-electron chi connectivity index (χ4n) is 0.783. The minimum atomic E-state index is 0.871. The summed E-state index contributed by atoms with van der Waals surface area (Å²) in [6.07, 6.45) is 5.19. The molecule has 2 heteroatoms. The molecule has 0 unspecified atom stereocenters. The lowest BCUT2D eigenvalue weighted by atomic mass is 10.3. The zero-order valence-corrected chi connectivity index (χ0v) is 7.44. The normalized spacial score (nSPS) is 9.91. The van der Waals surface area contributed by atoms with Crippen LogP contribution in [0, 0.1) is 0 Å². The molecule has 0 saturated heterocycles. The number of allylic oxidation sites excluding steroid dienone is 1. The zero-order chi connectivity index (χ0) is 8.36. The molecule has 1 N–H and O–H groups in total. The summed E-state index contributed by atoms with van der Waals surface area (Å²) in [7, 11) is 1.96. The zero-order valence-electron chi connectivity index (χ0n) is 7.44. The lowest BCUT2D eigenvalue weighted by Gasteiger charge is -2.01. The van der Waals surface area contributed by atoms with Crippen molar-refractivity contribution in [1.29, 1.82) is 0 Å². The molecule has 66 valence electrons. The molecule has 0 fully saturated rings. The van der Waals surface area contributed by atoms with Crippen molar-refractivity contribution < 1.29 is 4.74 Å². The van der Waals surface area contributed by atoms with Crippen molar-refractivity contribution >= 4 is 0 Å². The summed E-state index contributed by atoms with van der Waals surface area (Å²) in [6, 6.07) is 0. The molecule has 0 saturated carbocycles. The van der Waals surface area contributed by atoms with Crippen LogP contribution in [-0.2, 0) is 4.74 Å². The maximum absolute atomic E-state index is 5.35. The fourth-order valence-corrected chi connectivity index (χ4v) is 0.783. The maximum Gasteiger partial charge on any atom is 0.0478 e. The number of hydrogen-bond donors (Lipinski definition) is 1. The molecule has 0 rings (SSSR count). The molecule has 0 aliphatic heterocycles. The Bertz CT molecular complexity index is 83.6. The van der Waals surface area contributed by atoms with E-state index in [4.69, 9.17) is 4.74 Å². The Balaban J connectivity index is 2.74. The van der Waals surface area contributed by atoms with Gasteiger partial charge in [-0.05, 0) is 32.9 Å². The van der Waals surface area contributed by atoms with E-state index in [0.29, 0.717) is 0 Å². The second kappa shape index (κ2) is 9.66. The molecule has 0 aliphatic carbocycles. The fraction of sp³-hybridized carbons (Fsp3) is 0.778. The minimum Gasteiger partial charge on any atom is -0.381 e. The number of hydrogen-bond acceptors (Lipinski definition) is 2. The molecular weight excluding hydrogens is 138 g/mol. The quantitative estimate of drug-likeness (QED) is 0.426. The van der Waals surface area contributed by atoms with Gasteiger partial charge in [0.15, 0.2) is 0 Å². The third kappa shape index (κ3) is 9.66. The van der Waals surface area contributed by atoms with Crippen molar-refractivity contribution in [1.82, 2.24) is 5.32 Å². The number of rotatable bonds is 8. The SMILES string of the molecule is C=CCCCOCCCNC. The van der Waals surface area contributed by atoms with E-state index in [1.165, 1.54) is 0 Å². The Kier molecular flexibility index (Phi) is 9.36. The Morgan fingerprint density at radius 3 is 2.73 bits per heavy atom. The summed E-state index contributed by atoms with van der Waals surface area (Å²) >= 11 is 0. The predicted octanol–water partition coefficient (Wildman–Crippen LogP) is 1.58. The molecule has 11 heavy (non-hydrogen) atoms. The highest BCUT2D eigenvalue weighted by molar-refractivity contribution is 4.64. The minimum absolute atomic E-state index is 0.871. The van der Waals surface area contributed by atoms with Crippen LogP contribution >= 0.6 is 0 Å². The van der Waals surface area contributed by atoms with E-state index in [2.05, 4.69) is 11.9 Å². The molecule has 0 spiro atoms. The number of ether oxygens (including phenoxy) is 1. The van der Waals surface area contributed by atoms with Gasteiger partial charge in [-0.3, -0.25) is 0 Å². The molecule has 0 bridgehead atoms. The summed E-state index contributed by atoms with van der Waals surface area (Å²) in [5.74, 6) is 0. The lowest BCUT2D eigenvalue weighted by molar-refractivity contribution is 0.130. The van der Waals surface area contributed by atoms with Gasteiger partial charge in [0.2, 0.25) is 0 Å². The molecule has 0 radical (unpaired) electrons. The number of nitrogens with one attached hydrogen (secondary N) is 1. The van der Waals surface area contributed by atoms with E-state index in [0.717, 1.165) is 39.0 Å². The molecule has 0 aromatic heterocycles. The number of unbranched alkanes of at least 4 members (excludes halogenated alkanes) is 1. The second-order valence-electron chi connectivity index (χ2n) is 2.50. The molecule has 2 nitrogen and oxygen atoms in total. The average molecular weight is 157 g/mol. The highest BCUT2D eigenvalue weighted by Crippen LogP contribution is 1.90. The van der Waals surface area contributed by atoms with Gasteiger partial charge in [0.25, 0.3) is 0 Å². The van der Waals surface area contributed by atoms with Gasteiger partial charge >= 0.3 is 0 Å². The van der Waals surface area contributed by atoms with Crippen molar-refractivity contribution in [3.8, 4) is 0 Å². The molecular formula is C9H19NO. The van der Waals surface area contributed by atoms with E-state index in [-0.39, 0.29) is 0 Å².